The molecule has 2 heteroatoms. The third-order valence-electron chi connectivity index (χ3n) is 2.01. The van der Waals surface area contributed by atoms with E-state index in [0.29, 0.717) is 6.47 Å². The second-order valence-corrected chi connectivity index (χ2v) is 4.23. The molecule has 0 bridgehead atoms. The molecule has 0 heterocycles. The van der Waals surface area contributed by atoms with Crippen LogP contribution < -0.4 is 0 Å². The molecule has 12 heavy (non-hydrogen) atoms. The molecule has 1 unspecified atom stereocenters. The smallest absolute Gasteiger partial charge is 0.293 e. The number of ether oxygens (including phenoxy) is 1. The van der Waals surface area contributed by atoms with E-state index >= 15 is 0 Å². The van der Waals surface area contributed by atoms with Crippen LogP contribution >= 0.6 is 0 Å². The van der Waals surface area contributed by atoms with E-state index in [1.165, 1.54) is 0 Å². The van der Waals surface area contributed by atoms with Crippen LogP contribution in [0.4, 0.5) is 0 Å². The van der Waals surface area contributed by atoms with Gasteiger partial charge in [0.05, 0.1) is 0 Å². The Bertz CT molecular complexity index is 124. The first-order valence-electron chi connectivity index (χ1n) is 4.61. The van der Waals surface area contributed by atoms with Crippen LogP contribution in [0.25, 0.3) is 0 Å². The van der Waals surface area contributed by atoms with Gasteiger partial charge >= 0.3 is 0 Å². The Morgan fingerprint density at radius 3 is 2.33 bits per heavy atom. The number of carbonyl (C=O) groups is 1. The van der Waals surface area contributed by atoms with Crippen molar-refractivity contribution in [1.82, 2.24) is 0 Å². The molecule has 0 rings (SSSR count). The first-order valence-corrected chi connectivity index (χ1v) is 4.61. The molecule has 1 atom stereocenters. The zero-order valence-corrected chi connectivity index (χ0v) is 8.59. The zero-order chi connectivity index (χ0) is 9.61. The highest BCUT2D eigenvalue weighted by Gasteiger charge is 2.24. The highest BCUT2D eigenvalue weighted by molar-refractivity contribution is 5.37. The summed E-state index contributed by atoms with van der Waals surface area (Å²) in [7, 11) is 0. The summed E-state index contributed by atoms with van der Waals surface area (Å²) in [6, 6.07) is 0. The summed E-state index contributed by atoms with van der Waals surface area (Å²) >= 11 is 0. The van der Waals surface area contributed by atoms with Gasteiger partial charge < -0.3 is 4.74 Å². The van der Waals surface area contributed by atoms with Crippen LogP contribution in [0.5, 0.6) is 0 Å². The number of unbranched alkanes of at least 4 members (excludes halogenated alkanes) is 1. The molecule has 0 aromatic rings. The molecular weight excluding hydrogens is 152 g/mol. The first-order chi connectivity index (χ1) is 5.52. The van der Waals surface area contributed by atoms with Crippen molar-refractivity contribution in [2.24, 2.45) is 5.41 Å². The van der Waals surface area contributed by atoms with E-state index in [-0.39, 0.29) is 11.5 Å². The molecule has 0 saturated carbocycles. The van der Waals surface area contributed by atoms with E-state index in [2.05, 4.69) is 27.7 Å². The summed E-state index contributed by atoms with van der Waals surface area (Å²) in [5.41, 5.74) is 0.0656. The quantitative estimate of drug-likeness (QED) is 0.596. The van der Waals surface area contributed by atoms with Gasteiger partial charge in [0.2, 0.25) is 0 Å². The minimum atomic E-state index is 0.0648. The average molecular weight is 172 g/mol. The van der Waals surface area contributed by atoms with Crippen LogP contribution in [0.2, 0.25) is 0 Å². The molecule has 0 aromatic carbocycles. The van der Waals surface area contributed by atoms with Crippen molar-refractivity contribution >= 4 is 6.47 Å². The summed E-state index contributed by atoms with van der Waals surface area (Å²) in [6.45, 7) is 8.98. The van der Waals surface area contributed by atoms with Crippen molar-refractivity contribution < 1.29 is 9.53 Å². The molecule has 0 amide bonds. The molecule has 0 spiro atoms. The van der Waals surface area contributed by atoms with Gasteiger partial charge in [0, 0.05) is 0 Å². The van der Waals surface area contributed by atoms with Gasteiger partial charge in [-0.3, -0.25) is 4.79 Å². The Morgan fingerprint density at radius 2 is 2.00 bits per heavy atom. The van der Waals surface area contributed by atoms with Crippen LogP contribution in [0.1, 0.15) is 47.0 Å². The fourth-order valence-electron chi connectivity index (χ4n) is 1.16. The lowest BCUT2D eigenvalue weighted by atomic mass is 9.86. The van der Waals surface area contributed by atoms with E-state index in [4.69, 9.17) is 4.74 Å². The molecule has 2 nitrogen and oxygen atoms in total. The molecular formula is C10H20O2. The molecule has 0 N–H and O–H groups in total. The van der Waals surface area contributed by atoms with Crippen LogP contribution in [-0.2, 0) is 9.53 Å². The second kappa shape index (κ2) is 5.18. The molecule has 72 valence electrons. The van der Waals surface area contributed by atoms with E-state index < -0.39 is 0 Å². The van der Waals surface area contributed by atoms with Gasteiger partial charge in [-0.1, -0.05) is 40.5 Å². The predicted octanol–water partition coefficient (Wildman–Crippen LogP) is 2.76. The van der Waals surface area contributed by atoms with Crippen molar-refractivity contribution in [1.29, 1.82) is 0 Å². The summed E-state index contributed by atoms with van der Waals surface area (Å²) in [5.74, 6) is 0. The highest BCUT2D eigenvalue weighted by Crippen LogP contribution is 2.25. The van der Waals surface area contributed by atoms with Crippen molar-refractivity contribution in [3.8, 4) is 0 Å². The molecule has 0 aliphatic carbocycles. The largest absolute Gasteiger partial charge is 0.464 e. The standard InChI is InChI=1S/C10H20O2/c1-5-6-7-9(12-8-11)10(2,3)4/h8-9H,5-7H2,1-4H3. The number of hydrogen-bond donors (Lipinski definition) is 0. The molecule has 0 fully saturated rings. The molecule has 0 aromatic heterocycles. The number of carbonyl (C=O) groups excluding carboxylic acids is 1. The summed E-state index contributed by atoms with van der Waals surface area (Å²) in [4.78, 5) is 10.2. The molecule has 0 aliphatic heterocycles. The molecule has 0 radical (unpaired) electrons. The normalized spacial score (nSPS) is 14.0. The highest BCUT2D eigenvalue weighted by atomic mass is 16.5. The monoisotopic (exact) mass is 172 g/mol. The number of hydrogen-bond acceptors (Lipinski definition) is 2. The third-order valence-corrected chi connectivity index (χ3v) is 2.01. The van der Waals surface area contributed by atoms with Gasteiger partial charge in [-0.25, -0.2) is 0 Å². The topological polar surface area (TPSA) is 26.3 Å². The Morgan fingerprint density at radius 1 is 1.42 bits per heavy atom. The van der Waals surface area contributed by atoms with Gasteiger partial charge in [-0.05, 0) is 11.8 Å². The Hall–Kier alpha value is -0.530. The van der Waals surface area contributed by atoms with Gasteiger partial charge in [-0.2, -0.15) is 0 Å². The van der Waals surface area contributed by atoms with E-state index in [0.717, 1.165) is 19.3 Å². The van der Waals surface area contributed by atoms with Crippen molar-refractivity contribution in [2.75, 3.05) is 0 Å². The first kappa shape index (κ1) is 11.5. The van der Waals surface area contributed by atoms with Gasteiger partial charge in [0.1, 0.15) is 6.10 Å². The summed E-state index contributed by atoms with van der Waals surface area (Å²) in [6.07, 6.45) is 3.30. The molecule has 0 aliphatic rings. The maximum atomic E-state index is 10.2. The van der Waals surface area contributed by atoms with Crippen LogP contribution in [0.15, 0.2) is 0 Å². The fourth-order valence-corrected chi connectivity index (χ4v) is 1.16. The van der Waals surface area contributed by atoms with Crippen molar-refractivity contribution in [3.63, 3.8) is 0 Å². The van der Waals surface area contributed by atoms with Gasteiger partial charge in [0.15, 0.2) is 0 Å². The summed E-state index contributed by atoms with van der Waals surface area (Å²) < 4.78 is 5.03. The lowest BCUT2D eigenvalue weighted by Gasteiger charge is -2.28. The minimum Gasteiger partial charge on any atom is -0.464 e. The maximum absolute atomic E-state index is 10.2. The second-order valence-electron chi connectivity index (χ2n) is 4.23. The lowest BCUT2D eigenvalue weighted by molar-refractivity contribution is -0.139. The SMILES string of the molecule is CCCCC(OC=O)C(C)(C)C. The van der Waals surface area contributed by atoms with Crippen molar-refractivity contribution in [2.45, 2.75) is 53.1 Å². The van der Waals surface area contributed by atoms with E-state index in [9.17, 15) is 4.79 Å². The Kier molecular flexibility index (Phi) is 4.95. The summed E-state index contributed by atoms with van der Waals surface area (Å²) in [5, 5.41) is 0. The fraction of sp³-hybridized carbons (Fsp3) is 0.900. The minimum absolute atomic E-state index is 0.0648. The number of rotatable bonds is 5. The zero-order valence-electron chi connectivity index (χ0n) is 8.59. The van der Waals surface area contributed by atoms with Crippen LogP contribution in [-0.4, -0.2) is 12.6 Å². The third kappa shape index (κ3) is 4.37. The maximum Gasteiger partial charge on any atom is 0.293 e. The van der Waals surface area contributed by atoms with Crippen molar-refractivity contribution in [3.05, 3.63) is 0 Å². The van der Waals surface area contributed by atoms with Crippen LogP contribution in [0.3, 0.4) is 0 Å². The average Bonchev–Trinajstić information content (AvgIpc) is 1.95. The predicted molar refractivity (Wildman–Crippen MR) is 49.9 cm³/mol. The van der Waals surface area contributed by atoms with Crippen LogP contribution in [0, 0.1) is 5.41 Å². The van der Waals surface area contributed by atoms with Gasteiger partial charge in [-0.15, -0.1) is 0 Å². The molecule has 0 saturated heterocycles. The van der Waals surface area contributed by atoms with E-state index in [1.54, 1.807) is 0 Å². The van der Waals surface area contributed by atoms with Gasteiger partial charge in [0.25, 0.3) is 6.47 Å². The Balaban J connectivity index is 3.94. The van der Waals surface area contributed by atoms with E-state index in [1.807, 2.05) is 0 Å². The lowest BCUT2D eigenvalue weighted by Crippen LogP contribution is -2.28. The Labute approximate surface area is 75.3 Å².